The summed E-state index contributed by atoms with van der Waals surface area (Å²) in [6, 6.07) is 0. The van der Waals surface area contributed by atoms with E-state index >= 15 is 0 Å². The van der Waals surface area contributed by atoms with Crippen LogP contribution < -0.4 is 0 Å². The van der Waals surface area contributed by atoms with Crippen LogP contribution in [0.15, 0.2) is 0 Å². The molecule has 0 aromatic carbocycles. The van der Waals surface area contributed by atoms with E-state index < -0.39 is 0 Å². The zero-order chi connectivity index (χ0) is 0. The predicted molar refractivity (Wildman–Crippen MR) is 65.0 cm³/mol. The zero-order valence-electron chi connectivity index (χ0n) is 2.86. The van der Waals surface area contributed by atoms with Crippen LogP contribution in [0.3, 0.4) is 0 Å². The molecule has 0 aliphatic heterocycles. The molecule has 0 spiro atoms. The zero-order valence-corrected chi connectivity index (χ0v) is 8.57. The van der Waals surface area contributed by atoms with E-state index in [2.05, 4.69) is 0 Å². The van der Waals surface area contributed by atoms with Gasteiger partial charge in [0.05, 0.1) is 0 Å². The Balaban J connectivity index is 0. The van der Waals surface area contributed by atoms with E-state index in [1.807, 2.05) is 0 Å². The molecule has 0 nitrogen and oxygen atoms in total. The molecule has 0 fully saturated rings. The van der Waals surface area contributed by atoms with Gasteiger partial charge in [0, 0.05) is 0 Å². The summed E-state index contributed by atoms with van der Waals surface area (Å²) in [5.74, 6) is 0. The Bertz CT molecular complexity index is 6.88. The molecule has 0 unspecified atom stereocenters. The average molecular weight is 335 g/mol. The Labute approximate surface area is 184 Å². The number of hydrogen-bond acceptors (Lipinski definition) is 0. The van der Waals surface area contributed by atoms with E-state index in [-0.39, 0.29) is 190 Å². The van der Waals surface area contributed by atoms with Crippen molar-refractivity contribution in [2.75, 3.05) is 0 Å². The SMILES string of the molecule is Cl.Cl.Cl.Cl.Cl.Cl.Cl.[KH].[KH]. The van der Waals surface area contributed by atoms with Gasteiger partial charge >= 0.3 is 103 Å². The first-order valence-corrected chi connectivity index (χ1v) is 0. The Morgan fingerprint density at radius 1 is 0.222 bits per heavy atom. The molecule has 0 N–H and O–H groups in total. The summed E-state index contributed by atoms with van der Waals surface area (Å²) < 4.78 is 0. The molecule has 0 saturated heterocycles. The third kappa shape index (κ3) is 60.4. The van der Waals surface area contributed by atoms with Crippen LogP contribution in [0.5, 0.6) is 0 Å². The van der Waals surface area contributed by atoms with E-state index in [4.69, 9.17) is 0 Å². The van der Waals surface area contributed by atoms with E-state index in [1.165, 1.54) is 0 Å². The van der Waals surface area contributed by atoms with Crippen LogP contribution >= 0.6 is 86.8 Å². The fourth-order valence-electron chi connectivity index (χ4n) is 0. The molecule has 9 heteroatoms. The summed E-state index contributed by atoms with van der Waals surface area (Å²) >= 11 is 0. The van der Waals surface area contributed by atoms with Crippen molar-refractivity contribution >= 4 is 190 Å². The second-order valence-corrected chi connectivity index (χ2v) is 0. The number of hydrogen-bond donors (Lipinski definition) is 0. The molecular weight excluding hydrogens is 326 g/mol. The first-order valence-electron chi connectivity index (χ1n) is 0. The molecule has 0 radical (unpaired) electrons. The van der Waals surface area contributed by atoms with E-state index in [9.17, 15) is 0 Å². The number of halogens is 7. The van der Waals surface area contributed by atoms with Gasteiger partial charge in [0.1, 0.15) is 0 Å². The van der Waals surface area contributed by atoms with Crippen molar-refractivity contribution in [3.8, 4) is 0 Å². The minimum absolute atomic E-state index is 0. The molecule has 0 aromatic heterocycles. The molecule has 0 heterocycles. The Morgan fingerprint density at radius 2 is 0.222 bits per heavy atom. The van der Waals surface area contributed by atoms with Crippen molar-refractivity contribution in [2.45, 2.75) is 0 Å². The van der Waals surface area contributed by atoms with Crippen molar-refractivity contribution in [2.24, 2.45) is 0 Å². The van der Waals surface area contributed by atoms with Crippen LogP contribution in [0.2, 0.25) is 0 Å². The standard InChI is InChI=1S/7ClH.2K.2H/h7*1H;;;;. The Kier molecular flexibility index (Phi) is 716. The van der Waals surface area contributed by atoms with Crippen LogP contribution in [0.1, 0.15) is 0 Å². The predicted octanol–water partition coefficient (Wildman–Crippen LogP) is 1.66. The molecule has 9 heavy (non-hydrogen) atoms. The monoisotopic (exact) mass is 332 g/mol. The molecule has 0 aliphatic carbocycles. The van der Waals surface area contributed by atoms with Crippen LogP contribution in [0.25, 0.3) is 0 Å². The van der Waals surface area contributed by atoms with Crippen molar-refractivity contribution in [1.82, 2.24) is 0 Å². The van der Waals surface area contributed by atoms with Gasteiger partial charge in [-0.3, -0.25) is 0 Å². The van der Waals surface area contributed by atoms with Crippen LogP contribution in [0.4, 0.5) is 0 Å². The average Bonchev–Trinajstić information content (AvgIpc) is 0. The van der Waals surface area contributed by atoms with Gasteiger partial charge in [0.15, 0.2) is 0 Å². The molecule has 0 aromatic rings. The summed E-state index contributed by atoms with van der Waals surface area (Å²) in [5, 5.41) is 0. The van der Waals surface area contributed by atoms with E-state index in [0.29, 0.717) is 0 Å². The summed E-state index contributed by atoms with van der Waals surface area (Å²) in [4.78, 5) is 0. The fourth-order valence-corrected chi connectivity index (χ4v) is 0. The first kappa shape index (κ1) is 90.0. The molecule has 60 valence electrons. The second-order valence-electron chi connectivity index (χ2n) is 0. The van der Waals surface area contributed by atoms with Crippen molar-refractivity contribution in [3.63, 3.8) is 0 Å². The molecule has 0 bridgehead atoms. The molecule has 0 rings (SSSR count). The Hall–Kier alpha value is 5.30. The summed E-state index contributed by atoms with van der Waals surface area (Å²) in [6.45, 7) is 0. The minimum atomic E-state index is 0. The van der Waals surface area contributed by atoms with Gasteiger partial charge in [-0.25, -0.2) is 0 Å². The molecule has 0 amide bonds. The van der Waals surface area contributed by atoms with Gasteiger partial charge in [0.2, 0.25) is 0 Å². The fraction of sp³-hybridized carbons (Fsp3) is 0. The normalized spacial score (nSPS) is 0. The van der Waals surface area contributed by atoms with E-state index in [0.717, 1.165) is 0 Å². The van der Waals surface area contributed by atoms with Gasteiger partial charge in [-0.1, -0.05) is 0 Å². The number of rotatable bonds is 0. The van der Waals surface area contributed by atoms with Crippen molar-refractivity contribution < 1.29 is 0 Å². The maximum absolute atomic E-state index is 0. The van der Waals surface area contributed by atoms with Crippen molar-refractivity contribution in [3.05, 3.63) is 0 Å². The van der Waals surface area contributed by atoms with Crippen molar-refractivity contribution in [1.29, 1.82) is 0 Å². The van der Waals surface area contributed by atoms with Crippen LogP contribution in [0, 0.1) is 0 Å². The third-order valence-electron chi connectivity index (χ3n) is 0. The first-order chi connectivity index (χ1) is 0. The maximum atomic E-state index is 0. The van der Waals surface area contributed by atoms with Gasteiger partial charge in [-0.15, -0.1) is 86.8 Å². The van der Waals surface area contributed by atoms with Gasteiger partial charge in [-0.2, -0.15) is 0 Å². The molecule has 0 atom stereocenters. The quantitative estimate of drug-likeness (QED) is 0.591. The molecule has 0 aliphatic rings. The third-order valence-corrected chi connectivity index (χ3v) is 0. The molecule has 0 saturated carbocycles. The summed E-state index contributed by atoms with van der Waals surface area (Å²) in [5.41, 5.74) is 0. The van der Waals surface area contributed by atoms with Crippen LogP contribution in [-0.2, 0) is 0 Å². The Morgan fingerprint density at radius 3 is 0.222 bits per heavy atom. The van der Waals surface area contributed by atoms with E-state index in [1.54, 1.807) is 0 Å². The summed E-state index contributed by atoms with van der Waals surface area (Å²) in [6.07, 6.45) is 0. The second kappa shape index (κ2) is 71.6. The van der Waals surface area contributed by atoms with Gasteiger partial charge in [0.25, 0.3) is 0 Å². The van der Waals surface area contributed by atoms with Crippen LogP contribution in [-0.4, -0.2) is 103 Å². The molecular formula is H9Cl7K2. The van der Waals surface area contributed by atoms with Gasteiger partial charge in [-0.05, 0) is 0 Å². The summed E-state index contributed by atoms with van der Waals surface area (Å²) in [7, 11) is 0. The topological polar surface area (TPSA) is 0 Å². The van der Waals surface area contributed by atoms with Gasteiger partial charge < -0.3 is 0 Å².